The predicted molar refractivity (Wildman–Crippen MR) is 124 cm³/mol. The Morgan fingerprint density at radius 3 is 2.67 bits per heavy atom. The van der Waals surface area contributed by atoms with Crippen molar-refractivity contribution in [2.45, 2.75) is 32.4 Å². The van der Waals surface area contributed by atoms with Crippen LogP contribution in [0.2, 0.25) is 5.02 Å². The van der Waals surface area contributed by atoms with Gasteiger partial charge < -0.3 is 18.9 Å². The van der Waals surface area contributed by atoms with Gasteiger partial charge in [0.2, 0.25) is 5.91 Å². The van der Waals surface area contributed by atoms with E-state index in [4.69, 9.17) is 21.1 Å². The van der Waals surface area contributed by atoms with Crippen LogP contribution in [0.5, 0.6) is 5.75 Å². The third-order valence-electron chi connectivity index (χ3n) is 6.16. The molecule has 33 heavy (non-hydrogen) atoms. The number of halogens is 1. The fourth-order valence-corrected chi connectivity index (χ4v) is 4.70. The second kappa shape index (κ2) is 10.4. The van der Waals surface area contributed by atoms with Gasteiger partial charge in [-0.3, -0.25) is 14.5 Å². The van der Waals surface area contributed by atoms with Gasteiger partial charge >= 0.3 is 5.97 Å². The van der Waals surface area contributed by atoms with Crippen molar-refractivity contribution in [1.82, 2.24) is 14.4 Å². The van der Waals surface area contributed by atoms with Gasteiger partial charge in [0.15, 0.2) is 0 Å². The van der Waals surface area contributed by atoms with E-state index in [0.29, 0.717) is 62.8 Å². The molecule has 0 saturated carbocycles. The normalized spacial score (nSPS) is 16.4. The number of benzene rings is 1. The van der Waals surface area contributed by atoms with E-state index in [2.05, 4.69) is 4.90 Å². The first-order valence-electron chi connectivity index (χ1n) is 11.2. The van der Waals surface area contributed by atoms with Crippen LogP contribution in [-0.2, 0) is 29.0 Å². The minimum absolute atomic E-state index is 0.105. The zero-order chi connectivity index (χ0) is 23.4. The summed E-state index contributed by atoms with van der Waals surface area (Å²) in [7, 11) is 1.32. The number of hydrogen-bond donors (Lipinski definition) is 0. The molecular formula is C24H28ClN3O5. The van der Waals surface area contributed by atoms with Crippen LogP contribution in [0.3, 0.4) is 0 Å². The van der Waals surface area contributed by atoms with Crippen LogP contribution in [0.25, 0.3) is 0 Å². The van der Waals surface area contributed by atoms with Crippen molar-refractivity contribution in [3.63, 3.8) is 0 Å². The maximum absolute atomic E-state index is 12.9. The average molecular weight is 474 g/mol. The van der Waals surface area contributed by atoms with Gasteiger partial charge in [-0.2, -0.15) is 0 Å². The van der Waals surface area contributed by atoms with E-state index in [0.717, 1.165) is 12.0 Å². The van der Waals surface area contributed by atoms with E-state index in [1.807, 2.05) is 24.3 Å². The molecule has 1 saturated heterocycles. The van der Waals surface area contributed by atoms with E-state index in [1.54, 1.807) is 9.47 Å². The van der Waals surface area contributed by atoms with Crippen LogP contribution in [0.4, 0.5) is 0 Å². The van der Waals surface area contributed by atoms with Crippen molar-refractivity contribution in [1.29, 1.82) is 0 Å². The summed E-state index contributed by atoms with van der Waals surface area (Å²) in [4.78, 5) is 41.4. The molecule has 0 unspecified atom stereocenters. The molecule has 4 rings (SSSR count). The molecule has 0 atom stereocenters. The predicted octanol–water partition coefficient (Wildman–Crippen LogP) is 2.35. The highest BCUT2D eigenvalue weighted by Crippen LogP contribution is 2.25. The highest BCUT2D eigenvalue weighted by atomic mass is 35.5. The smallest absolute Gasteiger partial charge is 0.343 e. The molecule has 0 radical (unpaired) electrons. The number of esters is 1. The lowest BCUT2D eigenvalue weighted by Crippen LogP contribution is -2.31. The van der Waals surface area contributed by atoms with Gasteiger partial charge in [-0.25, -0.2) is 4.79 Å². The first kappa shape index (κ1) is 23.3. The number of carbonyl (C=O) groups excluding carboxylic acids is 2. The van der Waals surface area contributed by atoms with Gasteiger partial charge in [0.25, 0.3) is 5.56 Å². The van der Waals surface area contributed by atoms with Crippen molar-refractivity contribution >= 4 is 23.5 Å². The molecule has 1 aromatic carbocycles. The Morgan fingerprint density at radius 1 is 1.09 bits per heavy atom. The summed E-state index contributed by atoms with van der Waals surface area (Å²) in [5.41, 5.74) is 1.79. The van der Waals surface area contributed by atoms with Crippen LogP contribution in [0.15, 0.2) is 35.1 Å². The van der Waals surface area contributed by atoms with Crippen LogP contribution >= 0.6 is 11.6 Å². The first-order valence-corrected chi connectivity index (χ1v) is 11.6. The standard InChI is InChI=1S/C24H28ClN3O5/c1-32-24(31)23-19-7-9-26(16-17-4-2-5-18(25)14-17)10-11-28(19)22(30)15-20(23)33-13-12-27-8-3-6-21(27)29/h2,4-5,14-15H,3,6-13,16H2,1H3. The maximum atomic E-state index is 12.9. The Morgan fingerprint density at radius 2 is 1.94 bits per heavy atom. The zero-order valence-corrected chi connectivity index (χ0v) is 19.5. The van der Waals surface area contributed by atoms with Crippen LogP contribution in [0, 0.1) is 0 Å². The Labute approximate surface area is 197 Å². The molecule has 3 heterocycles. The highest BCUT2D eigenvalue weighted by Gasteiger charge is 2.27. The number of aromatic nitrogens is 1. The number of fused-ring (bicyclic) bond motifs is 1. The lowest BCUT2D eigenvalue weighted by molar-refractivity contribution is -0.128. The molecule has 1 aromatic heterocycles. The average Bonchev–Trinajstić information content (AvgIpc) is 3.08. The largest absolute Gasteiger partial charge is 0.491 e. The lowest BCUT2D eigenvalue weighted by atomic mass is 10.1. The zero-order valence-electron chi connectivity index (χ0n) is 18.7. The molecule has 2 aliphatic rings. The molecule has 0 spiro atoms. The number of carbonyl (C=O) groups is 2. The number of ether oxygens (including phenoxy) is 2. The van der Waals surface area contributed by atoms with Crippen LogP contribution in [-0.4, -0.2) is 66.1 Å². The number of pyridine rings is 1. The summed E-state index contributed by atoms with van der Waals surface area (Å²) in [6.07, 6.45) is 1.90. The number of hydrogen-bond acceptors (Lipinski definition) is 6. The fourth-order valence-electron chi connectivity index (χ4n) is 4.49. The molecule has 176 valence electrons. The number of likely N-dealkylation sites (tertiary alicyclic amines) is 1. The van der Waals surface area contributed by atoms with Gasteiger partial charge in [-0.1, -0.05) is 23.7 Å². The van der Waals surface area contributed by atoms with Crippen molar-refractivity contribution in [3.05, 3.63) is 62.5 Å². The molecule has 2 aliphatic heterocycles. The van der Waals surface area contributed by atoms with E-state index in [9.17, 15) is 14.4 Å². The minimum atomic E-state index is -0.533. The SMILES string of the molecule is COC(=O)c1c(OCCN2CCCC2=O)cc(=O)n2c1CCN(Cc1cccc(Cl)c1)CC2. The summed E-state index contributed by atoms with van der Waals surface area (Å²) in [5.74, 6) is -0.212. The van der Waals surface area contributed by atoms with E-state index in [-0.39, 0.29) is 29.4 Å². The number of amides is 1. The van der Waals surface area contributed by atoms with Gasteiger partial charge in [0, 0.05) is 62.3 Å². The molecule has 0 aliphatic carbocycles. The van der Waals surface area contributed by atoms with Gasteiger partial charge in [0.05, 0.1) is 13.7 Å². The molecule has 9 heteroatoms. The molecule has 0 N–H and O–H groups in total. The number of nitrogens with zero attached hydrogens (tertiary/aromatic N) is 3. The van der Waals surface area contributed by atoms with Crippen LogP contribution < -0.4 is 10.3 Å². The first-order chi connectivity index (χ1) is 16.0. The summed E-state index contributed by atoms with van der Waals surface area (Å²) in [5, 5.41) is 0.687. The lowest BCUT2D eigenvalue weighted by Gasteiger charge is -2.19. The fraction of sp³-hybridized carbons (Fsp3) is 0.458. The third kappa shape index (κ3) is 5.39. The van der Waals surface area contributed by atoms with E-state index < -0.39 is 5.97 Å². The Balaban J connectivity index is 1.54. The quantitative estimate of drug-likeness (QED) is 0.574. The topological polar surface area (TPSA) is 81.1 Å². The molecule has 1 fully saturated rings. The second-order valence-corrected chi connectivity index (χ2v) is 8.74. The molecule has 1 amide bonds. The van der Waals surface area contributed by atoms with Gasteiger partial charge in [-0.15, -0.1) is 0 Å². The van der Waals surface area contributed by atoms with Gasteiger partial charge in [0.1, 0.15) is 17.9 Å². The maximum Gasteiger partial charge on any atom is 0.343 e. The molecule has 0 bridgehead atoms. The minimum Gasteiger partial charge on any atom is -0.491 e. The van der Waals surface area contributed by atoms with Crippen molar-refractivity contribution < 1.29 is 19.1 Å². The van der Waals surface area contributed by atoms with Crippen molar-refractivity contribution in [2.75, 3.05) is 39.9 Å². The monoisotopic (exact) mass is 473 g/mol. The van der Waals surface area contributed by atoms with Crippen LogP contribution in [0.1, 0.15) is 34.5 Å². The number of rotatable bonds is 7. The highest BCUT2D eigenvalue weighted by molar-refractivity contribution is 6.30. The molecule has 8 nitrogen and oxygen atoms in total. The van der Waals surface area contributed by atoms with Gasteiger partial charge in [-0.05, 0) is 24.1 Å². The van der Waals surface area contributed by atoms with E-state index >= 15 is 0 Å². The Kier molecular flexibility index (Phi) is 7.35. The summed E-state index contributed by atoms with van der Waals surface area (Å²) in [6, 6.07) is 9.07. The third-order valence-corrected chi connectivity index (χ3v) is 6.40. The molecule has 2 aromatic rings. The van der Waals surface area contributed by atoms with E-state index in [1.165, 1.54) is 13.2 Å². The Bertz CT molecular complexity index is 1100. The summed E-state index contributed by atoms with van der Waals surface area (Å²) < 4.78 is 12.5. The summed E-state index contributed by atoms with van der Waals surface area (Å²) >= 11 is 6.12. The van der Waals surface area contributed by atoms with Crippen molar-refractivity contribution in [2.24, 2.45) is 0 Å². The number of methoxy groups -OCH3 is 1. The van der Waals surface area contributed by atoms with Crippen molar-refractivity contribution in [3.8, 4) is 5.75 Å². The Hall–Kier alpha value is -2.84. The second-order valence-electron chi connectivity index (χ2n) is 8.30. The molecular weight excluding hydrogens is 446 g/mol. The summed E-state index contributed by atoms with van der Waals surface area (Å²) in [6.45, 7) is 3.83.